The SMILES string of the molecule is CCCC(=O)CCCCCC(CN(Cc1ccccc1OCOCCOC)CP(=O)(OC(C)(C)C)OC(C)(C)C)N(Cc1ccccc1OCOCCOC)CP(=O)(OC(C)(C)C)OC(C)(C)C. The van der Waals surface area contributed by atoms with Crippen molar-refractivity contribution >= 4 is 21.0 Å². The molecule has 0 N–H and O–H groups in total. The number of methoxy groups -OCH3 is 2. The molecule has 2 aromatic rings. The van der Waals surface area contributed by atoms with Crippen LogP contribution in [0.2, 0.25) is 0 Å². The molecule has 1 unspecified atom stereocenters. The van der Waals surface area contributed by atoms with E-state index in [1.165, 1.54) is 0 Å². The summed E-state index contributed by atoms with van der Waals surface area (Å²) in [5.41, 5.74) is -1.62. The van der Waals surface area contributed by atoms with Gasteiger partial charge in [-0.25, -0.2) is 0 Å². The molecule has 2 rings (SSSR count). The number of ketones is 1. The van der Waals surface area contributed by atoms with Crippen LogP contribution in [-0.2, 0) is 64.1 Å². The fourth-order valence-electron chi connectivity index (χ4n) is 7.35. The molecule has 2 aromatic carbocycles. The topological polar surface area (TPSA) is 150 Å². The van der Waals surface area contributed by atoms with Crippen molar-refractivity contribution in [2.75, 3.05) is 73.3 Å². The summed E-state index contributed by atoms with van der Waals surface area (Å²) < 4.78 is 90.6. The third-order valence-electron chi connectivity index (χ3n) is 9.56. The van der Waals surface area contributed by atoms with Gasteiger partial charge in [0.25, 0.3) is 0 Å². The van der Waals surface area contributed by atoms with Crippen LogP contribution in [0.25, 0.3) is 0 Å². The summed E-state index contributed by atoms with van der Waals surface area (Å²) in [7, 11) is -4.59. The molecule has 0 bridgehead atoms. The van der Waals surface area contributed by atoms with Crippen molar-refractivity contribution in [3.05, 3.63) is 59.7 Å². The Bertz CT molecular complexity index is 1780. The number of para-hydroxylation sites is 2. The Labute approximate surface area is 410 Å². The van der Waals surface area contributed by atoms with Gasteiger partial charge in [-0.05, 0) is 114 Å². The van der Waals surface area contributed by atoms with E-state index >= 15 is 9.13 Å². The van der Waals surface area contributed by atoms with Gasteiger partial charge in [0, 0.05) is 63.9 Å². The Morgan fingerprint density at radius 2 is 1.01 bits per heavy atom. The van der Waals surface area contributed by atoms with Crippen molar-refractivity contribution in [2.45, 2.75) is 176 Å². The Kier molecular flexibility index (Phi) is 27.3. The van der Waals surface area contributed by atoms with Crippen molar-refractivity contribution in [1.29, 1.82) is 0 Å². The normalized spacial score (nSPS) is 13.7. The highest BCUT2D eigenvalue weighted by atomic mass is 31.2. The van der Waals surface area contributed by atoms with E-state index in [0.717, 1.165) is 36.8 Å². The van der Waals surface area contributed by atoms with E-state index in [1.54, 1.807) is 14.2 Å². The molecule has 0 amide bonds. The average Bonchev–Trinajstić information content (AvgIpc) is 3.18. The summed E-state index contributed by atoms with van der Waals surface area (Å²) >= 11 is 0. The first-order chi connectivity index (χ1) is 31.7. The van der Waals surface area contributed by atoms with Crippen LogP contribution in [0.5, 0.6) is 11.5 Å². The van der Waals surface area contributed by atoms with Gasteiger partial charge in [-0.3, -0.25) is 23.7 Å². The molecular formula is C51H90N2O13P2. The summed E-state index contributed by atoms with van der Waals surface area (Å²) in [6.07, 6.45) is 4.65. The summed E-state index contributed by atoms with van der Waals surface area (Å²) in [6.45, 7) is 26.9. The highest BCUT2D eigenvalue weighted by Crippen LogP contribution is 2.57. The lowest BCUT2D eigenvalue weighted by molar-refractivity contribution is -0.119. The highest BCUT2D eigenvalue weighted by molar-refractivity contribution is 7.54. The number of benzene rings is 2. The number of unbranched alkanes of at least 4 members (excludes halogenated alkanes) is 2. The van der Waals surface area contributed by atoms with Crippen LogP contribution in [0.15, 0.2) is 48.5 Å². The number of nitrogens with zero attached hydrogens (tertiary/aromatic N) is 2. The molecule has 15 nitrogen and oxygen atoms in total. The van der Waals surface area contributed by atoms with Crippen molar-refractivity contribution in [2.24, 2.45) is 0 Å². The van der Waals surface area contributed by atoms with Gasteiger partial charge >= 0.3 is 15.2 Å². The fraction of sp³-hybridized carbons (Fsp3) is 0.745. The Morgan fingerprint density at radius 1 is 0.574 bits per heavy atom. The lowest BCUT2D eigenvalue weighted by Gasteiger charge is -2.41. The van der Waals surface area contributed by atoms with Gasteiger partial charge in [-0.1, -0.05) is 56.2 Å². The smallest absolute Gasteiger partial charge is 0.345 e. The van der Waals surface area contributed by atoms with Crippen LogP contribution in [-0.4, -0.2) is 117 Å². The van der Waals surface area contributed by atoms with Gasteiger partial charge in [-0.15, -0.1) is 0 Å². The van der Waals surface area contributed by atoms with E-state index in [0.29, 0.717) is 63.7 Å². The fourth-order valence-corrected chi connectivity index (χ4v) is 12.5. The maximum Gasteiger partial charge on any atom is 0.345 e. The second kappa shape index (κ2) is 30.0. The molecule has 0 saturated carbocycles. The Balaban J connectivity index is 2.91. The van der Waals surface area contributed by atoms with E-state index in [4.69, 9.17) is 46.5 Å². The molecule has 0 aromatic heterocycles. The number of carbonyl (C=O) groups excluding carboxylic acids is 1. The largest absolute Gasteiger partial charge is 0.467 e. The van der Waals surface area contributed by atoms with Gasteiger partial charge in [-0.2, -0.15) is 0 Å². The third-order valence-corrected chi connectivity index (χ3v) is 14.3. The molecular weight excluding hydrogens is 911 g/mol. The molecule has 0 saturated heterocycles. The molecule has 17 heteroatoms. The van der Waals surface area contributed by atoms with Gasteiger partial charge in [0.15, 0.2) is 13.6 Å². The maximum absolute atomic E-state index is 15.4. The molecule has 0 radical (unpaired) electrons. The van der Waals surface area contributed by atoms with E-state index in [2.05, 4.69) is 9.80 Å². The molecule has 0 aliphatic heterocycles. The summed E-state index contributed by atoms with van der Waals surface area (Å²) in [5.74, 6) is 1.46. The molecule has 392 valence electrons. The minimum atomic E-state index is -3.92. The molecule has 1 atom stereocenters. The quantitative estimate of drug-likeness (QED) is 0.0366. The van der Waals surface area contributed by atoms with Crippen LogP contribution in [0, 0.1) is 0 Å². The second-order valence-electron chi connectivity index (χ2n) is 21.2. The molecule has 0 spiro atoms. The van der Waals surface area contributed by atoms with Crippen molar-refractivity contribution < 1.29 is 60.4 Å². The standard InChI is InChI=1S/C51H90N2O13P2/c1-16-24-45(54)28-19-17-18-27-44(53(39-68(56,65-50(8,9)10)66-51(11,12)13)36-43-26-21-23-30-47(43)62-41-60-34-32-58-15)37-52(38-67(55,63-48(2,3)4)64-49(5,6)7)35-42-25-20-22-29-46(42)61-40-59-33-31-57-14/h20-23,25-26,29-30,44H,16-19,24,27-28,31-41H2,1-15H3. The number of ether oxygens (including phenoxy) is 6. The van der Waals surface area contributed by atoms with E-state index in [9.17, 15) is 4.79 Å². The highest BCUT2D eigenvalue weighted by Gasteiger charge is 2.41. The zero-order valence-electron chi connectivity index (χ0n) is 44.5. The minimum Gasteiger partial charge on any atom is -0.467 e. The maximum atomic E-state index is 15.4. The predicted molar refractivity (Wildman–Crippen MR) is 271 cm³/mol. The van der Waals surface area contributed by atoms with Crippen LogP contribution >= 0.6 is 15.2 Å². The first-order valence-corrected chi connectivity index (χ1v) is 27.7. The number of rotatable bonds is 35. The van der Waals surface area contributed by atoms with Gasteiger partial charge in [0.05, 0.1) is 48.8 Å². The number of carbonyl (C=O) groups is 1. The van der Waals surface area contributed by atoms with Gasteiger partial charge in [0.2, 0.25) is 0 Å². The Morgan fingerprint density at radius 3 is 1.46 bits per heavy atom. The van der Waals surface area contributed by atoms with Crippen LogP contribution in [0.1, 0.15) is 146 Å². The van der Waals surface area contributed by atoms with E-state index in [-0.39, 0.29) is 51.1 Å². The third kappa shape index (κ3) is 28.0. The number of hydrogen-bond acceptors (Lipinski definition) is 15. The zero-order chi connectivity index (χ0) is 51.1. The molecule has 0 aliphatic carbocycles. The molecule has 0 fully saturated rings. The number of hydrogen-bond donors (Lipinski definition) is 0. The lowest BCUT2D eigenvalue weighted by Crippen LogP contribution is -2.45. The van der Waals surface area contributed by atoms with Crippen LogP contribution in [0.3, 0.4) is 0 Å². The van der Waals surface area contributed by atoms with Crippen molar-refractivity contribution in [3.8, 4) is 11.5 Å². The van der Waals surface area contributed by atoms with Crippen LogP contribution in [0.4, 0.5) is 0 Å². The second-order valence-corrected chi connectivity index (χ2v) is 24.9. The zero-order valence-corrected chi connectivity index (χ0v) is 46.3. The van der Waals surface area contributed by atoms with E-state index in [1.807, 2.05) is 139 Å². The number of Topliss-reactive ketones (excluding diaryl/α,β-unsaturated/α-hetero) is 1. The average molecular weight is 1000 g/mol. The summed E-state index contributed by atoms with van der Waals surface area (Å²) in [6, 6.07) is 15.0. The molecule has 0 heterocycles. The monoisotopic (exact) mass is 1000 g/mol. The summed E-state index contributed by atoms with van der Waals surface area (Å²) in [4.78, 5) is 16.8. The first-order valence-electron chi connectivity index (χ1n) is 24.2. The predicted octanol–water partition coefficient (Wildman–Crippen LogP) is 12.2. The van der Waals surface area contributed by atoms with Gasteiger partial charge in [0.1, 0.15) is 29.9 Å². The molecule has 68 heavy (non-hydrogen) atoms. The summed E-state index contributed by atoms with van der Waals surface area (Å²) in [5, 5.41) is 0. The van der Waals surface area contributed by atoms with Crippen molar-refractivity contribution in [3.63, 3.8) is 0 Å². The molecule has 0 aliphatic rings. The van der Waals surface area contributed by atoms with Crippen molar-refractivity contribution in [1.82, 2.24) is 9.80 Å². The first kappa shape index (κ1) is 61.9. The van der Waals surface area contributed by atoms with E-state index < -0.39 is 37.6 Å². The van der Waals surface area contributed by atoms with Crippen LogP contribution < -0.4 is 9.47 Å². The Hall–Kier alpha value is -2.23. The van der Waals surface area contributed by atoms with Gasteiger partial charge < -0.3 is 46.5 Å². The lowest BCUT2D eigenvalue weighted by atomic mass is 10.0. The minimum absolute atomic E-state index is 0.00281.